The van der Waals surface area contributed by atoms with Gasteiger partial charge in [0.15, 0.2) is 0 Å². The van der Waals surface area contributed by atoms with Crippen LogP contribution >= 0.6 is 0 Å². The third-order valence-corrected chi connectivity index (χ3v) is 3.76. The molecule has 0 aromatic carbocycles. The fourth-order valence-electron chi connectivity index (χ4n) is 2.57. The van der Waals surface area contributed by atoms with E-state index in [2.05, 4.69) is 36.4 Å². The van der Waals surface area contributed by atoms with Gasteiger partial charge in [0.2, 0.25) is 0 Å². The summed E-state index contributed by atoms with van der Waals surface area (Å²) in [6.07, 6.45) is 7.96. The molecule has 2 atom stereocenters. The zero-order valence-corrected chi connectivity index (χ0v) is 9.61. The Labute approximate surface area is 92.1 Å². The SMILES string of the molecule is CNC(C1CCC1)C(C)c1ccncc1. The molecular formula is C13H20N2. The van der Waals surface area contributed by atoms with Gasteiger partial charge in [-0.2, -0.15) is 0 Å². The number of likely N-dealkylation sites (N-methyl/N-ethyl adjacent to an activating group) is 1. The van der Waals surface area contributed by atoms with E-state index in [0.717, 1.165) is 5.92 Å². The minimum atomic E-state index is 0.586. The maximum atomic E-state index is 4.07. The number of nitrogens with zero attached hydrogens (tertiary/aromatic N) is 1. The van der Waals surface area contributed by atoms with Gasteiger partial charge in [0.1, 0.15) is 0 Å². The molecule has 0 aliphatic heterocycles. The molecule has 82 valence electrons. The van der Waals surface area contributed by atoms with Crippen LogP contribution in [-0.4, -0.2) is 18.1 Å². The van der Waals surface area contributed by atoms with Crippen molar-refractivity contribution < 1.29 is 0 Å². The summed E-state index contributed by atoms with van der Waals surface area (Å²) >= 11 is 0. The van der Waals surface area contributed by atoms with Crippen molar-refractivity contribution in [1.82, 2.24) is 10.3 Å². The van der Waals surface area contributed by atoms with E-state index in [4.69, 9.17) is 0 Å². The molecule has 1 aromatic rings. The number of hydrogen-bond donors (Lipinski definition) is 1. The Kier molecular flexibility index (Phi) is 3.37. The zero-order valence-electron chi connectivity index (χ0n) is 9.61. The summed E-state index contributed by atoms with van der Waals surface area (Å²) in [7, 11) is 2.08. The average molecular weight is 204 g/mol. The van der Waals surface area contributed by atoms with Crippen LogP contribution in [0.1, 0.15) is 37.7 Å². The molecule has 1 heterocycles. The zero-order chi connectivity index (χ0) is 10.7. The lowest BCUT2D eigenvalue weighted by molar-refractivity contribution is 0.216. The molecule has 1 aliphatic rings. The van der Waals surface area contributed by atoms with Gasteiger partial charge >= 0.3 is 0 Å². The van der Waals surface area contributed by atoms with Gasteiger partial charge in [-0.25, -0.2) is 0 Å². The molecule has 1 N–H and O–H groups in total. The summed E-state index contributed by atoms with van der Waals surface area (Å²) in [5.41, 5.74) is 1.40. The van der Waals surface area contributed by atoms with Crippen LogP contribution in [0.25, 0.3) is 0 Å². The third-order valence-electron chi connectivity index (χ3n) is 3.76. The summed E-state index contributed by atoms with van der Waals surface area (Å²) < 4.78 is 0. The minimum Gasteiger partial charge on any atom is -0.316 e. The van der Waals surface area contributed by atoms with Crippen molar-refractivity contribution in [1.29, 1.82) is 0 Å². The molecule has 0 saturated heterocycles. The summed E-state index contributed by atoms with van der Waals surface area (Å²) in [6, 6.07) is 4.89. The quantitative estimate of drug-likeness (QED) is 0.815. The summed E-state index contributed by atoms with van der Waals surface area (Å²) in [5, 5.41) is 3.48. The molecule has 15 heavy (non-hydrogen) atoms. The summed E-state index contributed by atoms with van der Waals surface area (Å²) in [6.45, 7) is 2.31. The van der Waals surface area contributed by atoms with Crippen LogP contribution in [0.15, 0.2) is 24.5 Å². The van der Waals surface area contributed by atoms with Crippen molar-refractivity contribution in [2.45, 2.75) is 38.1 Å². The lowest BCUT2D eigenvalue weighted by atomic mass is 9.74. The minimum absolute atomic E-state index is 0.586. The van der Waals surface area contributed by atoms with E-state index in [1.54, 1.807) is 0 Å². The van der Waals surface area contributed by atoms with Crippen molar-refractivity contribution in [2.75, 3.05) is 7.05 Å². The van der Waals surface area contributed by atoms with Crippen molar-refractivity contribution >= 4 is 0 Å². The van der Waals surface area contributed by atoms with Crippen molar-refractivity contribution in [3.63, 3.8) is 0 Å². The topological polar surface area (TPSA) is 24.9 Å². The lowest BCUT2D eigenvalue weighted by Crippen LogP contribution is -2.41. The van der Waals surface area contributed by atoms with Crippen molar-refractivity contribution in [3.05, 3.63) is 30.1 Å². The molecule has 0 bridgehead atoms. The standard InChI is InChI=1S/C13H20N2/c1-10(11-6-8-15-9-7-11)13(14-2)12-4-3-5-12/h6-10,12-14H,3-5H2,1-2H3. The first kappa shape index (κ1) is 10.6. The van der Waals surface area contributed by atoms with Crippen LogP contribution in [-0.2, 0) is 0 Å². The second kappa shape index (κ2) is 4.75. The Morgan fingerprint density at radius 2 is 2.00 bits per heavy atom. The van der Waals surface area contributed by atoms with Crippen LogP contribution in [0.2, 0.25) is 0 Å². The number of aromatic nitrogens is 1. The van der Waals surface area contributed by atoms with E-state index in [0.29, 0.717) is 12.0 Å². The number of hydrogen-bond acceptors (Lipinski definition) is 2. The Bertz CT molecular complexity index is 293. The molecule has 1 aliphatic carbocycles. The Morgan fingerprint density at radius 1 is 1.33 bits per heavy atom. The normalized spacial score (nSPS) is 20.7. The maximum absolute atomic E-state index is 4.07. The second-order valence-corrected chi connectivity index (χ2v) is 4.57. The van der Waals surface area contributed by atoms with E-state index in [-0.39, 0.29) is 0 Å². The lowest BCUT2D eigenvalue weighted by Gasteiger charge is -2.37. The molecule has 0 spiro atoms. The van der Waals surface area contributed by atoms with Gasteiger partial charge in [-0.1, -0.05) is 13.3 Å². The highest BCUT2D eigenvalue weighted by molar-refractivity contribution is 5.17. The highest BCUT2D eigenvalue weighted by atomic mass is 14.9. The fourth-order valence-corrected chi connectivity index (χ4v) is 2.57. The molecular weight excluding hydrogens is 184 g/mol. The monoisotopic (exact) mass is 204 g/mol. The molecule has 1 saturated carbocycles. The van der Waals surface area contributed by atoms with Crippen molar-refractivity contribution in [3.8, 4) is 0 Å². The van der Waals surface area contributed by atoms with Crippen LogP contribution < -0.4 is 5.32 Å². The van der Waals surface area contributed by atoms with Gasteiger partial charge in [0, 0.05) is 18.4 Å². The fraction of sp³-hybridized carbons (Fsp3) is 0.615. The largest absolute Gasteiger partial charge is 0.316 e. The Morgan fingerprint density at radius 3 is 2.47 bits per heavy atom. The summed E-state index contributed by atoms with van der Waals surface area (Å²) in [4.78, 5) is 4.07. The first-order chi connectivity index (χ1) is 7.33. The molecule has 0 radical (unpaired) electrons. The number of rotatable bonds is 4. The first-order valence-electron chi connectivity index (χ1n) is 5.90. The summed E-state index contributed by atoms with van der Waals surface area (Å²) in [5.74, 6) is 1.46. The highest BCUT2D eigenvalue weighted by Gasteiger charge is 2.30. The molecule has 2 heteroatoms. The van der Waals surface area contributed by atoms with Gasteiger partial charge in [-0.3, -0.25) is 4.98 Å². The van der Waals surface area contributed by atoms with E-state index >= 15 is 0 Å². The van der Waals surface area contributed by atoms with Crippen molar-refractivity contribution in [2.24, 2.45) is 5.92 Å². The molecule has 2 nitrogen and oxygen atoms in total. The van der Waals surface area contributed by atoms with E-state index in [1.807, 2.05) is 12.4 Å². The van der Waals surface area contributed by atoms with Crippen LogP contribution in [0.5, 0.6) is 0 Å². The predicted octanol–water partition coefficient (Wildman–Crippen LogP) is 2.57. The van der Waals surface area contributed by atoms with Crippen LogP contribution in [0.3, 0.4) is 0 Å². The van der Waals surface area contributed by atoms with Gasteiger partial charge in [0.25, 0.3) is 0 Å². The second-order valence-electron chi connectivity index (χ2n) is 4.57. The molecule has 2 rings (SSSR count). The van der Waals surface area contributed by atoms with E-state index in [9.17, 15) is 0 Å². The molecule has 1 aromatic heterocycles. The van der Waals surface area contributed by atoms with Gasteiger partial charge < -0.3 is 5.32 Å². The van der Waals surface area contributed by atoms with Crippen LogP contribution in [0.4, 0.5) is 0 Å². The van der Waals surface area contributed by atoms with Crippen LogP contribution in [0, 0.1) is 5.92 Å². The number of pyridine rings is 1. The molecule has 2 unspecified atom stereocenters. The Balaban J connectivity index is 2.07. The smallest absolute Gasteiger partial charge is 0.0270 e. The predicted molar refractivity (Wildman–Crippen MR) is 62.8 cm³/mol. The maximum Gasteiger partial charge on any atom is 0.0270 e. The van der Waals surface area contributed by atoms with Gasteiger partial charge in [-0.15, -0.1) is 0 Å². The van der Waals surface area contributed by atoms with Gasteiger partial charge in [-0.05, 0) is 49.4 Å². The third kappa shape index (κ3) is 2.20. The highest BCUT2D eigenvalue weighted by Crippen LogP contribution is 2.35. The molecule has 0 amide bonds. The van der Waals surface area contributed by atoms with Gasteiger partial charge in [0.05, 0.1) is 0 Å². The number of nitrogens with one attached hydrogen (secondary N) is 1. The average Bonchev–Trinajstić information content (AvgIpc) is 2.23. The molecule has 1 fully saturated rings. The Hall–Kier alpha value is -0.890. The van der Waals surface area contributed by atoms with E-state index < -0.39 is 0 Å². The van der Waals surface area contributed by atoms with E-state index in [1.165, 1.54) is 24.8 Å². The first-order valence-corrected chi connectivity index (χ1v) is 5.90.